The molecular weight excluding hydrogens is 454 g/mol. The SMILES string of the molecule is CCCCN1C(=O)c2ccc(C(=O)Nc3ccc(S(=O)(=O)Nc4ccccc4)cc3)cc2C1=O. The highest BCUT2D eigenvalue weighted by molar-refractivity contribution is 7.92. The summed E-state index contributed by atoms with van der Waals surface area (Å²) in [6.45, 7) is 2.32. The van der Waals surface area contributed by atoms with Gasteiger partial charge in [-0.2, -0.15) is 0 Å². The van der Waals surface area contributed by atoms with Crippen LogP contribution in [-0.4, -0.2) is 37.6 Å². The fraction of sp³-hybridized carbons (Fsp3) is 0.160. The van der Waals surface area contributed by atoms with Crippen LogP contribution >= 0.6 is 0 Å². The minimum Gasteiger partial charge on any atom is -0.322 e. The number of anilines is 2. The zero-order chi connectivity index (χ0) is 24.3. The van der Waals surface area contributed by atoms with Gasteiger partial charge in [-0.1, -0.05) is 31.5 Å². The number of carbonyl (C=O) groups is 3. The number of imide groups is 1. The van der Waals surface area contributed by atoms with Gasteiger partial charge in [-0.15, -0.1) is 0 Å². The topological polar surface area (TPSA) is 113 Å². The van der Waals surface area contributed by atoms with Gasteiger partial charge in [0.05, 0.1) is 16.0 Å². The Morgan fingerprint density at radius 3 is 2.21 bits per heavy atom. The van der Waals surface area contributed by atoms with Gasteiger partial charge < -0.3 is 5.32 Å². The van der Waals surface area contributed by atoms with Gasteiger partial charge in [0.2, 0.25) is 0 Å². The Labute approximate surface area is 197 Å². The molecule has 3 aromatic carbocycles. The molecule has 4 rings (SSSR count). The number of para-hydroxylation sites is 1. The minimum absolute atomic E-state index is 0.0446. The predicted octanol–water partition coefficient (Wildman–Crippen LogP) is 4.14. The van der Waals surface area contributed by atoms with E-state index in [1.807, 2.05) is 6.92 Å². The van der Waals surface area contributed by atoms with Crippen molar-refractivity contribution < 1.29 is 22.8 Å². The molecule has 0 unspecified atom stereocenters. The van der Waals surface area contributed by atoms with Crippen LogP contribution < -0.4 is 10.0 Å². The molecule has 3 amide bonds. The van der Waals surface area contributed by atoms with E-state index in [0.717, 1.165) is 6.42 Å². The van der Waals surface area contributed by atoms with Crippen LogP contribution in [-0.2, 0) is 10.0 Å². The normalized spacial score (nSPS) is 13.0. The first kappa shape index (κ1) is 23.2. The number of carbonyl (C=O) groups excluding carboxylic acids is 3. The van der Waals surface area contributed by atoms with Crippen molar-refractivity contribution in [3.8, 4) is 0 Å². The lowest BCUT2D eigenvalue weighted by Gasteiger charge is -2.12. The second-order valence-corrected chi connectivity index (χ2v) is 9.51. The Morgan fingerprint density at radius 2 is 1.53 bits per heavy atom. The van der Waals surface area contributed by atoms with Crippen LogP contribution in [0.25, 0.3) is 0 Å². The maximum absolute atomic E-state index is 12.7. The van der Waals surface area contributed by atoms with Crippen molar-refractivity contribution in [2.24, 2.45) is 0 Å². The number of fused-ring (bicyclic) bond motifs is 1. The third-order valence-corrected chi connectivity index (χ3v) is 6.81. The number of amides is 3. The molecule has 1 heterocycles. The summed E-state index contributed by atoms with van der Waals surface area (Å²) in [5.41, 5.74) is 1.55. The van der Waals surface area contributed by atoms with Crippen LogP contribution in [0.1, 0.15) is 50.8 Å². The van der Waals surface area contributed by atoms with E-state index in [1.54, 1.807) is 30.3 Å². The Bertz CT molecular complexity index is 1350. The average molecular weight is 478 g/mol. The van der Waals surface area contributed by atoms with E-state index in [2.05, 4.69) is 10.0 Å². The number of unbranched alkanes of at least 4 members (excludes halogenated alkanes) is 1. The van der Waals surface area contributed by atoms with Crippen molar-refractivity contribution in [3.63, 3.8) is 0 Å². The first-order valence-corrected chi connectivity index (χ1v) is 12.3. The highest BCUT2D eigenvalue weighted by atomic mass is 32.2. The lowest BCUT2D eigenvalue weighted by molar-refractivity contribution is 0.0652. The van der Waals surface area contributed by atoms with Crippen molar-refractivity contribution in [3.05, 3.63) is 89.5 Å². The number of sulfonamides is 1. The molecule has 0 radical (unpaired) electrons. The lowest BCUT2D eigenvalue weighted by Crippen LogP contribution is -2.30. The molecule has 0 fully saturated rings. The first-order chi connectivity index (χ1) is 16.3. The molecule has 34 heavy (non-hydrogen) atoms. The number of rotatable bonds is 8. The van der Waals surface area contributed by atoms with Gasteiger partial charge in [-0.3, -0.25) is 24.0 Å². The predicted molar refractivity (Wildman–Crippen MR) is 128 cm³/mol. The second kappa shape index (κ2) is 9.48. The summed E-state index contributed by atoms with van der Waals surface area (Å²) in [7, 11) is -3.78. The standard InChI is InChI=1S/C25H23N3O5S/c1-2-3-15-28-24(30)21-14-9-17(16-22(21)25(28)31)23(29)26-18-10-12-20(13-11-18)34(32,33)27-19-7-5-4-6-8-19/h4-14,16,27H,2-3,15H2,1H3,(H,26,29). The summed E-state index contributed by atoms with van der Waals surface area (Å²) < 4.78 is 27.6. The molecule has 1 aliphatic rings. The van der Waals surface area contributed by atoms with Gasteiger partial charge in [-0.25, -0.2) is 8.42 Å². The average Bonchev–Trinajstić information content (AvgIpc) is 3.07. The molecule has 9 heteroatoms. The summed E-state index contributed by atoms with van der Waals surface area (Å²) >= 11 is 0. The van der Waals surface area contributed by atoms with Gasteiger partial charge in [0.15, 0.2) is 0 Å². The highest BCUT2D eigenvalue weighted by Crippen LogP contribution is 2.25. The van der Waals surface area contributed by atoms with Crippen LogP contribution in [0.15, 0.2) is 77.7 Å². The fourth-order valence-corrected chi connectivity index (χ4v) is 4.65. The van der Waals surface area contributed by atoms with Crippen molar-refractivity contribution in [2.75, 3.05) is 16.6 Å². The molecule has 3 aromatic rings. The summed E-state index contributed by atoms with van der Waals surface area (Å²) in [4.78, 5) is 39.1. The van der Waals surface area contributed by atoms with E-state index in [9.17, 15) is 22.8 Å². The van der Waals surface area contributed by atoms with E-state index >= 15 is 0 Å². The Balaban J connectivity index is 1.46. The van der Waals surface area contributed by atoms with E-state index in [4.69, 9.17) is 0 Å². The van der Waals surface area contributed by atoms with Gasteiger partial charge in [0.25, 0.3) is 27.7 Å². The molecule has 1 aliphatic heterocycles. The maximum atomic E-state index is 12.7. The van der Waals surface area contributed by atoms with Crippen molar-refractivity contribution in [2.45, 2.75) is 24.7 Å². The Morgan fingerprint density at radius 1 is 0.853 bits per heavy atom. The third kappa shape index (κ3) is 4.69. The van der Waals surface area contributed by atoms with Crippen LogP contribution in [0.2, 0.25) is 0 Å². The highest BCUT2D eigenvalue weighted by Gasteiger charge is 2.35. The number of hydrogen-bond acceptors (Lipinski definition) is 5. The largest absolute Gasteiger partial charge is 0.322 e. The number of benzene rings is 3. The molecule has 0 aromatic heterocycles. The monoisotopic (exact) mass is 477 g/mol. The fourth-order valence-electron chi connectivity index (χ4n) is 3.59. The van der Waals surface area contributed by atoms with Crippen molar-refractivity contribution in [1.29, 1.82) is 0 Å². The smallest absolute Gasteiger partial charge is 0.261 e. The molecule has 8 nitrogen and oxygen atoms in total. The number of nitrogens with zero attached hydrogens (tertiary/aromatic N) is 1. The second-order valence-electron chi connectivity index (χ2n) is 7.83. The number of hydrogen-bond donors (Lipinski definition) is 2. The van der Waals surface area contributed by atoms with Crippen molar-refractivity contribution >= 4 is 39.1 Å². The number of nitrogens with one attached hydrogen (secondary N) is 2. The van der Waals surface area contributed by atoms with E-state index < -0.39 is 21.8 Å². The molecule has 0 aliphatic carbocycles. The molecule has 0 bridgehead atoms. The van der Waals surface area contributed by atoms with Crippen molar-refractivity contribution in [1.82, 2.24) is 4.90 Å². The van der Waals surface area contributed by atoms with Crippen LogP contribution in [0.3, 0.4) is 0 Å². The van der Waals surface area contributed by atoms with Gasteiger partial charge in [-0.05, 0) is 61.0 Å². The molecule has 0 atom stereocenters. The van der Waals surface area contributed by atoms with Gasteiger partial charge in [0.1, 0.15) is 0 Å². The summed E-state index contributed by atoms with van der Waals surface area (Å²) in [6, 6.07) is 18.6. The molecule has 0 saturated heterocycles. The van der Waals surface area contributed by atoms with Crippen LogP contribution in [0.5, 0.6) is 0 Å². The zero-order valence-corrected chi connectivity index (χ0v) is 19.3. The molecule has 0 saturated carbocycles. The quantitative estimate of drug-likeness (QED) is 0.474. The van der Waals surface area contributed by atoms with Crippen LogP contribution in [0, 0.1) is 0 Å². The summed E-state index contributed by atoms with van der Waals surface area (Å²) in [6.07, 6.45) is 1.56. The lowest BCUT2D eigenvalue weighted by atomic mass is 10.1. The molecule has 0 spiro atoms. The summed E-state index contributed by atoms with van der Waals surface area (Å²) in [5, 5.41) is 2.69. The minimum atomic E-state index is -3.78. The zero-order valence-electron chi connectivity index (χ0n) is 18.4. The first-order valence-electron chi connectivity index (χ1n) is 10.8. The molecule has 2 N–H and O–H groups in total. The maximum Gasteiger partial charge on any atom is 0.261 e. The van der Waals surface area contributed by atoms with Gasteiger partial charge in [0, 0.05) is 23.5 Å². The third-order valence-electron chi connectivity index (χ3n) is 5.42. The van der Waals surface area contributed by atoms with E-state index in [1.165, 1.54) is 47.4 Å². The molecular formula is C25H23N3O5S. The Kier molecular flexibility index (Phi) is 6.47. The Hall–Kier alpha value is -3.98. The summed E-state index contributed by atoms with van der Waals surface area (Å²) in [5.74, 6) is -1.22. The van der Waals surface area contributed by atoms with Crippen LogP contribution in [0.4, 0.5) is 11.4 Å². The van der Waals surface area contributed by atoms with Gasteiger partial charge >= 0.3 is 0 Å². The van der Waals surface area contributed by atoms with E-state index in [0.29, 0.717) is 24.3 Å². The van der Waals surface area contributed by atoms with E-state index in [-0.39, 0.29) is 27.5 Å². The molecule has 174 valence electrons.